The molecular formula is C11H17N3O2. The number of nitrogens with zero attached hydrogens (tertiary/aromatic N) is 2. The minimum absolute atomic E-state index is 0.0512. The summed E-state index contributed by atoms with van der Waals surface area (Å²) in [5, 5.41) is 0. The predicted molar refractivity (Wildman–Crippen MR) is 58.9 cm³/mol. The zero-order valence-corrected chi connectivity index (χ0v) is 9.43. The minimum Gasteiger partial charge on any atom is -0.366 e. The lowest BCUT2D eigenvalue weighted by Gasteiger charge is -2.11. The number of ketones is 1. The van der Waals surface area contributed by atoms with Crippen molar-refractivity contribution in [2.45, 2.75) is 31.5 Å². The van der Waals surface area contributed by atoms with Crippen LogP contribution < -0.4 is 5.73 Å². The van der Waals surface area contributed by atoms with E-state index in [0.717, 1.165) is 18.7 Å². The van der Waals surface area contributed by atoms with E-state index in [1.807, 2.05) is 17.8 Å². The Hall–Kier alpha value is -1.20. The van der Waals surface area contributed by atoms with E-state index < -0.39 is 0 Å². The highest BCUT2D eigenvalue weighted by molar-refractivity contribution is 5.84. The Morgan fingerprint density at radius 1 is 1.69 bits per heavy atom. The van der Waals surface area contributed by atoms with Gasteiger partial charge in [0.25, 0.3) is 0 Å². The number of Topliss-reactive ketones (excluding diaryl/α,β-unsaturated/α-hetero) is 1. The van der Waals surface area contributed by atoms with E-state index in [4.69, 9.17) is 10.5 Å². The van der Waals surface area contributed by atoms with Crippen LogP contribution in [-0.2, 0) is 23.0 Å². The van der Waals surface area contributed by atoms with E-state index in [-0.39, 0.29) is 18.0 Å². The van der Waals surface area contributed by atoms with Gasteiger partial charge in [0.2, 0.25) is 0 Å². The first-order valence-electron chi connectivity index (χ1n) is 5.55. The summed E-state index contributed by atoms with van der Waals surface area (Å²) >= 11 is 0. The Kier molecular flexibility index (Phi) is 3.36. The first kappa shape index (κ1) is 11.3. The van der Waals surface area contributed by atoms with Crippen LogP contribution in [0.3, 0.4) is 0 Å². The van der Waals surface area contributed by atoms with Gasteiger partial charge < -0.3 is 15.0 Å². The highest BCUT2D eigenvalue weighted by atomic mass is 16.5. The van der Waals surface area contributed by atoms with Gasteiger partial charge >= 0.3 is 0 Å². The molecule has 0 amide bonds. The van der Waals surface area contributed by atoms with Crippen molar-refractivity contribution in [3.8, 4) is 0 Å². The molecule has 1 aromatic rings. The summed E-state index contributed by atoms with van der Waals surface area (Å²) in [6.45, 7) is 0.492. The normalized spacial score (nSPS) is 24.9. The smallest absolute Gasteiger partial charge is 0.169 e. The molecule has 1 saturated heterocycles. The van der Waals surface area contributed by atoms with Gasteiger partial charge in [0.05, 0.1) is 12.5 Å². The minimum atomic E-state index is -0.287. The van der Waals surface area contributed by atoms with Crippen molar-refractivity contribution >= 4 is 5.78 Å². The van der Waals surface area contributed by atoms with Crippen LogP contribution in [-0.4, -0.2) is 34.1 Å². The molecule has 1 aliphatic rings. The molecule has 2 N–H and O–H groups in total. The standard InChI is InChI=1S/C11H17N3O2/c1-14-5-4-13-11(14)6-9(15)10-3-2-8(7-12)16-10/h4-5,8,10H,2-3,6-7,12H2,1H3. The Morgan fingerprint density at radius 2 is 2.50 bits per heavy atom. The fourth-order valence-electron chi connectivity index (χ4n) is 1.95. The van der Waals surface area contributed by atoms with E-state index in [0.29, 0.717) is 13.0 Å². The molecule has 0 radical (unpaired) electrons. The molecule has 16 heavy (non-hydrogen) atoms. The summed E-state index contributed by atoms with van der Waals surface area (Å²) in [6, 6.07) is 0. The Morgan fingerprint density at radius 3 is 3.06 bits per heavy atom. The lowest BCUT2D eigenvalue weighted by molar-refractivity contribution is -0.129. The maximum Gasteiger partial charge on any atom is 0.169 e. The van der Waals surface area contributed by atoms with Crippen LogP contribution in [0, 0.1) is 0 Å². The van der Waals surface area contributed by atoms with Crippen molar-refractivity contribution in [3.63, 3.8) is 0 Å². The molecule has 1 aliphatic heterocycles. The summed E-state index contributed by atoms with van der Waals surface area (Å²) in [5.74, 6) is 0.884. The van der Waals surface area contributed by atoms with Gasteiger partial charge in [-0.15, -0.1) is 0 Å². The van der Waals surface area contributed by atoms with E-state index in [1.54, 1.807) is 6.20 Å². The van der Waals surface area contributed by atoms with Crippen molar-refractivity contribution in [2.24, 2.45) is 12.8 Å². The van der Waals surface area contributed by atoms with E-state index in [1.165, 1.54) is 0 Å². The number of ether oxygens (including phenoxy) is 1. The SMILES string of the molecule is Cn1ccnc1CC(=O)C1CCC(CN)O1. The quantitative estimate of drug-likeness (QED) is 0.782. The van der Waals surface area contributed by atoms with E-state index in [9.17, 15) is 4.79 Å². The Bertz CT molecular complexity index is 375. The molecule has 0 aliphatic carbocycles. The Balaban J connectivity index is 1.92. The molecule has 1 aromatic heterocycles. The van der Waals surface area contributed by atoms with Gasteiger partial charge in [-0.05, 0) is 12.8 Å². The molecule has 2 unspecified atom stereocenters. The monoisotopic (exact) mass is 223 g/mol. The molecule has 2 atom stereocenters. The van der Waals surface area contributed by atoms with Gasteiger partial charge in [-0.1, -0.05) is 0 Å². The summed E-state index contributed by atoms with van der Waals surface area (Å²) in [5.41, 5.74) is 5.50. The molecule has 88 valence electrons. The molecule has 0 saturated carbocycles. The van der Waals surface area contributed by atoms with Crippen molar-refractivity contribution in [1.29, 1.82) is 0 Å². The predicted octanol–water partition coefficient (Wildman–Crippen LogP) is 0.0380. The number of nitrogens with two attached hydrogens (primary N) is 1. The Labute approximate surface area is 94.6 Å². The maximum atomic E-state index is 11.9. The first-order valence-corrected chi connectivity index (χ1v) is 5.55. The van der Waals surface area contributed by atoms with Crippen LogP contribution >= 0.6 is 0 Å². The third-order valence-corrected chi connectivity index (χ3v) is 2.98. The number of aromatic nitrogens is 2. The van der Waals surface area contributed by atoms with Gasteiger partial charge in [0, 0.05) is 26.0 Å². The van der Waals surface area contributed by atoms with Gasteiger partial charge in [0.1, 0.15) is 11.9 Å². The van der Waals surface area contributed by atoms with Crippen molar-refractivity contribution in [2.75, 3.05) is 6.54 Å². The maximum absolute atomic E-state index is 11.9. The molecule has 0 aromatic carbocycles. The average molecular weight is 223 g/mol. The zero-order chi connectivity index (χ0) is 11.5. The second kappa shape index (κ2) is 4.76. The third kappa shape index (κ3) is 2.31. The molecular weight excluding hydrogens is 206 g/mol. The molecule has 5 nitrogen and oxygen atoms in total. The number of hydrogen-bond acceptors (Lipinski definition) is 4. The number of carbonyl (C=O) groups is 1. The lowest BCUT2D eigenvalue weighted by Crippen LogP contribution is -2.26. The molecule has 0 bridgehead atoms. The lowest BCUT2D eigenvalue weighted by atomic mass is 10.1. The number of aryl methyl sites for hydroxylation is 1. The molecule has 2 heterocycles. The van der Waals surface area contributed by atoms with Gasteiger partial charge in [0.15, 0.2) is 5.78 Å². The summed E-state index contributed by atoms with van der Waals surface area (Å²) in [4.78, 5) is 16.0. The summed E-state index contributed by atoms with van der Waals surface area (Å²) < 4.78 is 7.40. The van der Waals surface area contributed by atoms with Crippen LogP contribution in [0.15, 0.2) is 12.4 Å². The van der Waals surface area contributed by atoms with Crippen molar-refractivity contribution in [1.82, 2.24) is 9.55 Å². The van der Waals surface area contributed by atoms with Crippen LogP contribution in [0.25, 0.3) is 0 Å². The summed E-state index contributed by atoms with van der Waals surface area (Å²) in [6.07, 6.45) is 5.30. The van der Waals surface area contributed by atoms with E-state index in [2.05, 4.69) is 4.98 Å². The third-order valence-electron chi connectivity index (χ3n) is 2.98. The van der Waals surface area contributed by atoms with Crippen LogP contribution in [0.2, 0.25) is 0 Å². The molecule has 1 fully saturated rings. The number of carbonyl (C=O) groups excluding carboxylic acids is 1. The number of rotatable bonds is 4. The number of hydrogen-bond donors (Lipinski definition) is 1. The topological polar surface area (TPSA) is 70.1 Å². The van der Waals surface area contributed by atoms with Crippen LogP contribution in [0.4, 0.5) is 0 Å². The second-order valence-electron chi connectivity index (χ2n) is 4.16. The highest BCUT2D eigenvalue weighted by Crippen LogP contribution is 2.20. The van der Waals surface area contributed by atoms with Crippen molar-refractivity contribution < 1.29 is 9.53 Å². The number of imidazole rings is 1. The molecule has 2 rings (SSSR count). The van der Waals surface area contributed by atoms with Crippen molar-refractivity contribution in [3.05, 3.63) is 18.2 Å². The van der Waals surface area contributed by atoms with E-state index >= 15 is 0 Å². The fraction of sp³-hybridized carbons (Fsp3) is 0.636. The van der Waals surface area contributed by atoms with Gasteiger partial charge in [-0.25, -0.2) is 4.98 Å². The van der Waals surface area contributed by atoms with Crippen LogP contribution in [0.1, 0.15) is 18.7 Å². The average Bonchev–Trinajstić information content (AvgIpc) is 2.88. The fourth-order valence-corrected chi connectivity index (χ4v) is 1.95. The summed E-state index contributed by atoms with van der Waals surface area (Å²) in [7, 11) is 1.88. The first-order chi connectivity index (χ1) is 7.70. The largest absolute Gasteiger partial charge is 0.366 e. The van der Waals surface area contributed by atoms with Gasteiger partial charge in [-0.2, -0.15) is 0 Å². The zero-order valence-electron chi connectivity index (χ0n) is 9.43. The second-order valence-corrected chi connectivity index (χ2v) is 4.16. The molecule has 5 heteroatoms. The van der Waals surface area contributed by atoms with Crippen LogP contribution in [0.5, 0.6) is 0 Å². The highest BCUT2D eigenvalue weighted by Gasteiger charge is 2.30. The molecule has 0 spiro atoms. The van der Waals surface area contributed by atoms with Gasteiger partial charge in [-0.3, -0.25) is 4.79 Å².